The zero-order valence-electron chi connectivity index (χ0n) is 30.8. The zero-order valence-corrected chi connectivity index (χ0v) is 30.8. The molecule has 3 heterocycles. The first-order valence-electron chi connectivity index (χ1n) is 19.5. The lowest BCUT2D eigenvalue weighted by atomic mass is 9.34. The van der Waals surface area contributed by atoms with E-state index in [0.29, 0.717) is 0 Å². The predicted octanol–water partition coefficient (Wildman–Crippen LogP) is 11.8. The minimum absolute atomic E-state index is 0.107. The van der Waals surface area contributed by atoms with Gasteiger partial charge in [0.15, 0.2) is 0 Å². The Bertz CT molecular complexity index is 3140. The van der Waals surface area contributed by atoms with E-state index in [4.69, 9.17) is 9.47 Å². The summed E-state index contributed by atoms with van der Waals surface area (Å²) in [7, 11) is 0. The Morgan fingerprint density at radius 3 is 1.79 bits per heavy atom. The van der Waals surface area contributed by atoms with Gasteiger partial charge in [0.05, 0.1) is 11.0 Å². The molecule has 1 aromatic heterocycles. The molecule has 0 saturated carbocycles. The Labute approximate surface area is 330 Å². The molecule has 12 rings (SSSR count). The van der Waals surface area contributed by atoms with E-state index in [1.54, 1.807) is 0 Å². The topological polar surface area (TPSA) is 26.6 Å². The predicted molar refractivity (Wildman–Crippen MR) is 236 cm³/mol. The first kappa shape index (κ1) is 31.8. The summed E-state index contributed by atoms with van der Waals surface area (Å²) in [6.45, 7) is -0.107. The second-order valence-electron chi connectivity index (χ2n) is 14.8. The number of hydrogen-bond acceptors (Lipinski definition) is 3. The van der Waals surface area contributed by atoms with Gasteiger partial charge in [0.1, 0.15) is 23.0 Å². The molecule has 0 fully saturated rings. The standard InChI is InChI=1S/C52H33BN2O2/c1-5-16-34(17-6-1)50-40-25-14-13-18-35(40)30-44-52(50)57-48-27-15-26-47-51(48)53(44)43-33-46-42(32-49(43)56-47)41-29-28-39(31-45(41)55(46)38-23-11-4-12-24-38)54(36-19-7-2-8-20-36)37-21-9-3-10-22-37/h1-33H. The van der Waals surface area contributed by atoms with Gasteiger partial charge in [-0.05, 0) is 100 Å². The molecule has 2 aliphatic heterocycles. The normalized spacial score (nSPS) is 12.5. The van der Waals surface area contributed by atoms with E-state index in [0.717, 1.165) is 95.1 Å². The van der Waals surface area contributed by atoms with Crippen LogP contribution in [0.15, 0.2) is 200 Å². The number of aromatic nitrogens is 1. The maximum absolute atomic E-state index is 6.98. The molecule has 0 amide bonds. The molecular formula is C52H33BN2O2. The molecule has 0 radical (unpaired) electrons. The number of rotatable bonds is 5. The van der Waals surface area contributed by atoms with Crippen LogP contribution in [-0.4, -0.2) is 11.3 Å². The molecule has 4 nitrogen and oxygen atoms in total. The summed E-state index contributed by atoms with van der Waals surface area (Å²) in [5.74, 6) is 3.43. The lowest BCUT2D eigenvalue weighted by Crippen LogP contribution is -2.57. The molecular weight excluding hydrogens is 695 g/mol. The summed E-state index contributed by atoms with van der Waals surface area (Å²) in [5.41, 5.74) is 12.2. The fourth-order valence-corrected chi connectivity index (χ4v) is 9.22. The highest BCUT2D eigenvalue weighted by atomic mass is 16.5. The van der Waals surface area contributed by atoms with Gasteiger partial charge in [0.25, 0.3) is 6.71 Å². The van der Waals surface area contributed by atoms with Crippen molar-refractivity contribution in [3.8, 4) is 39.8 Å². The van der Waals surface area contributed by atoms with Gasteiger partial charge in [-0.1, -0.05) is 127 Å². The van der Waals surface area contributed by atoms with Crippen LogP contribution in [-0.2, 0) is 0 Å². The first-order valence-corrected chi connectivity index (χ1v) is 19.5. The van der Waals surface area contributed by atoms with Crippen LogP contribution in [0, 0.1) is 0 Å². The fourth-order valence-electron chi connectivity index (χ4n) is 9.22. The third-order valence-electron chi connectivity index (χ3n) is 11.6. The second-order valence-corrected chi connectivity index (χ2v) is 14.8. The van der Waals surface area contributed by atoms with Crippen LogP contribution >= 0.6 is 0 Å². The van der Waals surface area contributed by atoms with Crippen molar-refractivity contribution in [3.05, 3.63) is 200 Å². The van der Waals surface area contributed by atoms with Gasteiger partial charge < -0.3 is 18.9 Å². The maximum Gasteiger partial charge on any atom is 0.260 e. The van der Waals surface area contributed by atoms with Crippen molar-refractivity contribution in [3.63, 3.8) is 0 Å². The van der Waals surface area contributed by atoms with E-state index in [1.807, 2.05) is 6.07 Å². The molecule has 10 aromatic rings. The van der Waals surface area contributed by atoms with Crippen molar-refractivity contribution in [2.45, 2.75) is 0 Å². The van der Waals surface area contributed by atoms with E-state index in [-0.39, 0.29) is 6.71 Å². The SMILES string of the molecule is c1ccc(-c2c3c(cc4ccccc24)B2c4cc5c(cc4Oc4cccc(c42)O3)c2ccc(N(c3ccccc3)c3ccccc3)cc2n5-c2ccccc2)cc1. The Balaban J connectivity index is 1.14. The quantitative estimate of drug-likeness (QED) is 0.165. The van der Waals surface area contributed by atoms with Gasteiger partial charge >= 0.3 is 0 Å². The number of anilines is 3. The molecule has 0 unspecified atom stereocenters. The average Bonchev–Trinajstić information content (AvgIpc) is 3.58. The molecule has 0 saturated heterocycles. The van der Waals surface area contributed by atoms with Crippen molar-refractivity contribution >= 4 is 72.7 Å². The summed E-state index contributed by atoms with van der Waals surface area (Å²) < 4.78 is 16.3. The lowest BCUT2D eigenvalue weighted by molar-refractivity contribution is 0.466. The Morgan fingerprint density at radius 2 is 1.05 bits per heavy atom. The minimum atomic E-state index is -0.107. The maximum atomic E-state index is 6.98. The van der Waals surface area contributed by atoms with Crippen molar-refractivity contribution in [1.82, 2.24) is 4.57 Å². The monoisotopic (exact) mass is 728 g/mol. The smallest absolute Gasteiger partial charge is 0.260 e. The van der Waals surface area contributed by atoms with Crippen LogP contribution in [0.3, 0.4) is 0 Å². The molecule has 2 aliphatic rings. The Hall–Kier alpha value is -7.50. The summed E-state index contributed by atoms with van der Waals surface area (Å²) in [5, 5.41) is 4.65. The summed E-state index contributed by atoms with van der Waals surface area (Å²) >= 11 is 0. The molecule has 0 spiro atoms. The molecule has 0 aliphatic carbocycles. The van der Waals surface area contributed by atoms with Gasteiger partial charge in [-0.3, -0.25) is 0 Å². The van der Waals surface area contributed by atoms with Crippen LogP contribution < -0.4 is 30.8 Å². The third kappa shape index (κ3) is 4.89. The number of fused-ring (bicyclic) bond motifs is 8. The molecule has 0 N–H and O–H groups in total. The number of nitrogens with zero attached hydrogens (tertiary/aromatic N) is 2. The lowest BCUT2D eigenvalue weighted by Gasteiger charge is -2.34. The van der Waals surface area contributed by atoms with Gasteiger partial charge in [-0.25, -0.2) is 0 Å². The molecule has 0 bridgehead atoms. The van der Waals surface area contributed by atoms with Crippen molar-refractivity contribution in [2.75, 3.05) is 4.90 Å². The summed E-state index contributed by atoms with van der Waals surface area (Å²) in [6, 6.07) is 71.2. The highest BCUT2D eigenvalue weighted by Crippen LogP contribution is 2.45. The van der Waals surface area contributed by atoms with E-state index in [2.05, 4.69) is 204 Å². The van der Waals surface area contributed by atoms with Gasteiger partial charge in [0, 0.05) is 44.5 Å². The number of ether oxygens (including phenoxy) is 2. The number of benzene rings is 9. The molecule has 266 valence electrons. The van der Waals surface area contributed by atoms with Crippen LogP contribution in [0.2, 0.25) is 0 Å². The third-order valence-corrected chi connectivity index (χ3v) is 11.6. The minimum Gasteiger partial charge on any atom is -0.458 e. The number of hydrogen-bond donors (Lipinski definition) is 0. The average molecular weight is 729 g/mol. The van der Waals surface area contributed by atoms with E-state index in [9.17, 15) is 0 Å². The molecule has 5 heteroatoms. The summed E-state index contributed by atoms with van der Waals surface area (Å²) in [4.78, 5) is 2.33. The fraction of sp³-hybridized carbons (Fsp3) is 0. The Morgan fingerprint density at radius 1 is 0.421 bits per heavy atom. The first-order chi connectivity index (χ1) is 28.3. The zero-order chi connectivity index (χ0) is 37.5. The second kappa shape index (κ2) is 12.5. The molecule has 9 aromatic carbocycles. The van der Waals surface area contributed by atoms with Crippen LogP contribution in [0.25, 0.3) is 49.4 Å². The van der Waals surface area contributed by atoms with Gasteiger partial charge in [-0.2, -0.15) is 0 Å². The van der Waals surface area contributed by atoms with Crippen LogP contribution in [0.4, 0.5) is 17.1 Å². The van der Waals surface area contributed by atoms with Crippen LogP contribution in [0.1, 0.15) is 0 Å². The summed E-state index contributed by atoms with van der Waals surface area (Å²) in [6.07, 6.45) is 0. The van der Waals surface area contributed by atoms with E-state index in [1.165, 1.54) is 10.8 Å². The van der Waals surface area contributed by atoms with E-state index >= 15 is 0 Å². The molecule has 57 heavy (non-hydrogen) atoms. The highest BCUT2D eigenvalue weighted by molar-refractivity contribution is 6.98. The van der Waals surface area contributed by atoms with Crippen molar-refractivity contribution < 1.29 is 9.47 Å². The largest absolute Gasteiger partial charge is 0.458 e. The highest BCUT2D eigenvalue weighted by Gasteiger charge is 2.42. The van der Waals surface area contributed by atoms with Crippen LogP contribution in [0.5, 0.6) is 23.0 Å². The molecule has 0 atom stereocenters. The van der Waals surface area contributed by atoms with Gasteiger partial charge in [0.2, 0.25) is 0 Å². The van der Waals surface area contributed by atoms with Gasteiger partial charge in [-0.15, -0.1) is 0 Å². The number of para-hydroxylation sites is 3. The van der Waals surface area contributed by atoms with E-state index < -0.39 is 0 Å². The Kier molecular flexibility index (Phi) is 6.99. The van der Waals surface area contributed by atoms with Crippen molar-refractivity contribution in [2.24, 2.45) is 0 Å². The van der Waals surface area contributed by atoms with Crippen molar-refractivity contribution in [1.29, 1.82) is 0 Å².